The van der Waals surface area contributed by atoms with Gasteiger partial charge in [0.05, 0.1) is 22.0 Å². The number of ether oxygens (including phenoxy) is 1. The van der Waals surface area contributed by atoms with E-state index in [1.807, 2.05) is 0 Å². The van der Waals surface area contributed by atoms with Crippen LogP contribution in [0.2, 0.25) is 10.0 Å². The molecule has 0 saturated carbocycles. The van der Waals surface area contributed by atoms with Crippen molar-refractivity contribution in [3.63, 3.8) is 0 Å². The zero-order valence-electron chi connectivity index (χ0n) is 14.0. The molecule has 0 unspecified atom stereocenters. The molecule has 7 nitrogen and oxygen atoms in total. The zero-order chi connectivity index (χ0) is 22.1. The molecular weight excluding hydrogens is 447 g/mol. The number of anilines is 1. The Morgan fingerprint density at radius 3 is 2.34 bits per heavy atom. The molecule has 0 radical (unpaired) electrons. The number of carboxylic acid groups (broad SMARTS) is 1. The van der Waals surface area contributed by atoms with E-state index >= 15 is 0 Å². The van der Waals surface area contributed by atoms with Crippen molar-refractivity contribution in [2.24, 2.45) is 0 Å². The van der Waals surface area contributed by atoms with Gasteiger partial charge in [-0.05, 0) is 18.2 Å². The summed E-state index contributed by atoms with van der Waals surface area (Å²) in [5.74, 6) is -5.63. The van der Waals surface area contributed by atoms with Crippen LogP contribution >= 0.6 is 23.2 Å². The fourth-order valence-corrected chi connectivity index (χ4v) is 2.59. The van der Waals surface area contributed by atoms with Crippen LogP contribution in [0.1, 0.15) is 17.3 Å². The zero-order valence-corrected chi connectivity index (χ0v) is 15.5. The molecule has 0 saturated heterocycles. The second-order valence-corrected chi connectivity index (χ2v) is 6.12. The van der Waals surface area contributed by atoms with Crippen LogP contribution in [0.5, 0.6) is 5.88 Å². The number of nitrogens with one attached hydrogen (secondary N) is 1. The third-order valence-electron chi connectivity index (χ3n) is 3.27. The Balaban J connectivity index is 2.75. The highest BCUT2D eigenvalue weighted by molar-refractivity contribution is 6.35. The Morgan fingerprint density at radius 1 is 1.21 bits per heavy atom. The number of amides is 1. The standard InChI is InChI=1S/C16H8Cl2F4N2O5/c1-5(25)23-9-4-8(24-14(11(9)18)29-15(27)28)6-2-3-7(17)10(12(6)19)13(26)16(20,21)22/h2-4H,1H3,(H,27,28)(H,23,24,25). The predicted molar refractivity (Wildman–Crippen MR) is 93.0 cm³/mol. The average molecular weight is 455 g/mol. The van der Waals surface area contributed by atoms with Crippen LogP contribution in [0.4, 0.5) is 28.0 Å². The number of Topliss-reactive ketones (excluding diaryl/α,β-unsaturated/α-hetero) is 1. The first-order valence-electron chi connectivity index (χ1n) is 7.31. The number of hydrogen-bond acceptors (Lipinski definition) is 5. The second-order valence-electron chi connectivity index (χ2n) is 5.33. The van der Waals surface area contributed by atoms with Crippen molar-refractivity contribution in [2.45, 2.75) is 13.1 Å². The number of nitrogens with zero attached hydrogens (tertiary/aromatic N) is 1. The number of ketones is 1. The second kappa shape index (κ2) is 8.21. The molecule has 2 aromatic rings. The average Bonchev–Trinajstić information content (AvgIpc) is 2.56. The molecule has 1 heterocycles. The lowest BCUT2D eigenvalue weighted by Crippen LogP contribution is -2.24. The van der Waals surface area contributed by atoms with Gasteiger partial charge in [-0.25, -0.2) is 14.2 Å². The summed E-state index contributed by atoms with van der Waals surface area (Å²) < 4.78 is 57.4. The largest absolute Gasteiger partial charge is 0.512 e. The molecule has 29 heavy (non-hydrogen) atoms. The minimum absolute atomic E-state index is 0.265. The van der Waals surface area contributed by atoms with Gasteiger partial charge in [-0.15, -0.1) is 0 Å². The number of aromatic nitrogens is 1. The van der Waals surface area contributed by atoms with Crippen molar-refractivity contribution in [1.82, 2.24) is 4.98 Å². The quantitative estimate of drug-likeness (QED) is 0.384. The summed E-state index contributed by atoms with van der Waals surface area (Å²) in [6.07, 6.45) is -7.26. The Bertz CT molecular complexity index is 990. The summed E-state index contributed by atoms with van der Waals surface area (Å²) in [5.41, 5.74) is -2.85. The SMILES string of the molecule is CC(=O)Nc1cc(-c2ccc(Cl)c(C(=O)C(F)(F)F)c2F)nc(OC(=O)O)c1Cl. The Morgan fingerprint density at radius 2 is 1.83 bits per heavy atom. The summed E-state index contributed by atoms with van der Waals surface area (Å²) in [5, 5.41) is 9.70. The molecule has 2 N–H and O–H groups in total. The number of benzene rings is 1. The van der Waals surface area contributed by atoms with Crippen molar-refractivity contribution in [3.05, 3.63) is 39.6 Å². The van der Waals surface area contributed by atoms with Gasteiger partial charge < -0.3 is 15.2 Å². The first-order valence-corrected chi connectivity index (χ1v) is 8.07. The van der Waals surface area contributed by atoms with E-state index in [0.29, 0.717) is 0 Å². The number of pyridine rings is 1. The van der Waals surface area contributed by atoms with E-state index in [-0.39, 0.29) is 5.69 Å². The first kappa shape index (κ1) is 22.4. The number of carbonyl (C=O) groups is 3. The van der Waals surface area contributed by atoms with Crippen LogP contribution in [0, 0.1) is 5.82 Å². The van der Waals surface area contributed by atoms with Gasteiger partial charge in [0.1, 0.15) is 10.8 Å². The van der Waals surface area contributed by atoms with Crippen molar-refractivity contribution in [1.29, 1.82) is 0 Å². The highest BCUT2D eigenvalue weighted by Gasteiger charge is 2.42. The Kier molecular flexibility index (Phi) is 6.34. The maximum atomic E-state index is 14.8. The molecule has 0 bridgehead atoms. The van der Waals surface area contributed by atoms with E-state index in [4.69, 9.17) is 28.3 Å². The fourth-order valence-electron chi connectivity index (χ4n) is 2.18. The van der Waals surface area contributed by atoms with E-state index in [9.17, 15) is 31.9 Å². The molecule has 0 fully saturated rings. The van der Waals surface area contributed by atoms with Crippen LogP contribution in [-0.2, 0) is 4.79 Å². The molecule has 13 heteroatoms. The lowest BCUT2D eigenvalue weighted by molar-refractivity contribution is -0.114. The minimum Gasteiger partial charge on any atom is -0.449 e. The van der Waals surface area contributed by atoms with E-state index < -0.39 is 62.6 Å². The first-order chi connectivity index (χ1) is 13.3. The van der Waals surface area contributed by atoms with Crippen molar-refractivity contribution in [2.75, 3.05) is 5.32 Å². The van der Waals surface area contributed by atoms with Gasteiger partial charge in [-0.3, -0.25) is 9.59 Å². The van der Waals surface area contributed by atoms with Crippen LogP contribution in [0.15, 0.2) is 18.2 Å². The van der Waals surface area contributed by atoms with E-state index in [1.54, 1.807) is 0 Å². The topological polar surface area (TPSA) is 106 Å². The molecule has 1 aromatic heterocycles. The Hall–Kier alpha value is -2.92. The maximum absolute atomic E-state index is 14.8. The van der Waals surface area contributed by atoms with E-state index in [2.05, 4.69) is 15.0 Å². The Labute approximate surface area is 169 Å². The summed E-state index contributed by atoms with van der Waals surface area (Å²) in [4.78, 5) is 37.3. The number of alkyl halides is 3. The molecule has 0 aliphatic carbocycles. The van der Waals surface area contributed by atoms with Crippen LogP contribution in [0.3, 0.4) is 0 Å². The molecule has 2 rings (SSSR count). The molecule has 154 valence electrons. The fraction of sp³-hybridized carbons (Fsp3) is 0.125. The highest BCUT2D eigenvalue weighted by atomic mass is 35.5. The summed E-state index contributed by atoms with van der Waals surface area (Å²) >= 11 is 11.4. The third-order valence-corrected chi connectivity index (χ3v) is 3.95. The van der Waals surface area contributed by atoms with Gasteiger partial charge in [0.15, 0.2) is 0 Å². The van der Waals surface area contributed by atoms with Crippen molar-refractivity contribution >= 4 is 46.7 Å². The summed E-state index contributed by atoms with van der Waals surface area (Å²) in [7, 11) is 0. The predicted octanol–water partition coefficient (Wildman–Crippen LogP) is 4.95. The molecular formula is C16H8Cl2F4N2O5. The summed E-state index contributed by atoms with van der Waals surface area (Å²) in [6, 6.07) is 2.68. The van der Waals surface area contributed by atoms with Crippen LogP contribution < -0.4 is 10.1 Å². The normalized spacial score (nSPS) is 11.1. The van der Waals surface area contributed by atoms with Gasteiger partial charge in [0.25, 0.3) is 5.78 Å². The van der Waals surface area contributed by atoms with Gasteiger partial charge >= 0.3 is 12.3 Å². The lowest BCUT2D eigenvalue weighted by Gasteiger charge is -2.14. The lowest BCUT2D eigenvalue weighted by atomic mass is 10.0. The van der Waals surface area contributed by atoms with E-state index in [0.717, 1.165) is 25.1 Å². The monoisotopic (exact) mass is 454 g/mol. The van der Waals surface area contributed by atoms with Crippen LogP contribution in [0.25, 0.3) is 11.3 Å². The van der Waals surface area contributed by atoms with Crippen molar-refractivity contribution in [3.8, 4) is 17.1 Å². The molecule has 1 amide bonds. The van der Waals surface area contributed by atoms with Crippen LogP contribution in [-0.4, -0.2) is 34.1 Å². The third kappa shape index (κ3) is 4.93. The molecule has 1 aromatic carbocycles. The van der Waals surface area contributed by atoms with Crippen molar-refractivity contribution < 1.29 is 41.8 Å². The number of carbonyl (C=O) groups excluding carboxylic acids is 2. The maximum Gasteiger partial charge on any atom is 0.512 e. The van der Waals surface area contributed by atoms with E-state index in [1.165, 1.54) is 0 Å². The number of halogens is 6. The van der Waals surface area contributed by atoms with Gasteiger partial charge in [-0.1, -0.05) is 23.2 Å². The highest BCUT2D eigenvalue weighted by Crippen LogP contribution is 2.38. The molecule has 0 atom stereocenters. The molecule has 0 aliphatic heterocycles. The van der Waals surface area contributed by atoms with Gasteiger partial charge in [-0.2, -0.15) is 13.2 Å². The number of rotatable bonds is 4. The molecule has 0 spiro atoms. The minimum atomic E-state index is -5.41. The molecule has 0 aliphatic rings. The van der Waals surface area contributed by atoms with Gasteiger partial charge in [0, 0.05) is 12.5 Å². The smallest absolute Gasteiger partial charge is 0.449 e. The summed E-state index contributed by atoms with van der Waals surface area (Å²) in [6.45, 7) is 1.08. The van der Waals surface area contributed by atoms with Gasteiger partial charge in [0.2, 0.25) is 11.8 Å². The number of hydrogen-bond donors (Lipinski definition) is 2.